The van der Waals surface area contributed by atoms with E-state index in [1.165, 1.54) is 14.2 Å². The van der Waals surface area contributed by atoms with E-state index in [4.69, 9.17) is 26.8 Å². The maximum atomic E-state index is 13.6. The molecule has 33 heavy (non-hydrogen) atoms. The second kappa shape index (κ2) is 8.57. The molecule has 1 fully saturated rings. The van der Waals surface area contributed by atoms with Gasteiger partial charge in [0.2, 0.25) is 17.7 Å². The number of fused-ring (bicyclic) bond motifs is 2. The Kier molecular flexibility index (Phi) is 5.94. The minimum atomic E-state index is -1.40. The number of hydrogen-bond donors (Lipinski definition) is 4. The molecular weight excluding hydrogens is 448 g/mol. The first kappa shape index (κ1) is 22.9. The molecule has 0 unspecified atom stereocenters. The molecule has 2 aromatic carbocycles. The quantitative estimate of drug-likeness (QED) is 0.510. The zero-order valence-electron chi connectivity index (χ0n) is 18.5. The maximum Gasteiger partial charge on any atom is 0.250 e. The van der Waals surface area contributed by atoms with Crippen LogP contribution in [0.3, 0.4) is 0 Å². The molecule has 2 heterocycles. The summed E-state index contributed by atoms with van der Waals surface area (Å²) in [5.41, 5.74) is 6.28. The van der Waals surface area contributed by atoms with E-state index in [9.17, 15) is 14.4 Å². The number of anilines is 2. The molecule has 4 rings (SSSR count). The zero-order chi connectivity index (χ0) is 23.9. The number of rotatable bonds is 6. The van der Waals surface area contributed by atoms with Crippen LogP contribution in [0.2, 0.25) is 5.02 Å². The van der Waals surface area contributed by atoms with Gasteiger partial charge in [-0.2, -0.15) is 0 Å². The lowest BCUT2D eigenvalue weighted by Crippen LogP contribution is -2.52. The number of halogens is 1. The van der Waals surface area contributed by atoms with E-state index in [-0.39, 0.29) is 12.8 Å². The Bertz CT molecular complexity index is 1150. The molecule has 2 aliphatic heterocycles. The largest absolute Gasteiger partial charge is 0.497 e. The van der Waals surface area contributed by atoms with Crippen molar-refractivity contribution in [3.63, 3.8) is 0 Å². The zero-order valence-corrected chi connectivity index (χ0v) is 19.2. The third kappa shape index (κ3) is 3.87. The third-order valence-corrected chi connectivity index (χ3v) is 6.46. The van der Waals surface area contributed by atoms with Crippen molar-refractivity contribution in [2.75, 3.05) is 24.9 Å². The van der Waals surface area contributed by atoms with E-state index >= 15 is 0 Å². The fourth-order valence-electron chi connectivity index (χ4n) is 4.76. The number of ether oxygens (including phenoxy) is 2. The molecule has 0 aliphatic carbocycles. The molecule has 1 spiro atoms. The highest BCUT2D eigenvalue weighted by Gasteiger charge is 2.60. The van der Waals surface area contributed by atoms with Gasteiger partial charge in [0.15, 0.2) is 0 Å². The van der Waals surface area contributed by atoms with Crippen LogP contribution < -0.4 is 31.2 Å². The van der Waals surface area contributed by atoms with Gasteiger partial charge in [-0.1, -0.05) is 17.7 Å². The number of methoxy groups -OCH3 is 2. The average Bonchev–Trinajstić information content (AvgIpc) is 3.27. The molecule has 3 atom stereocenters. The van der Waals surface area contributed by atoms with E-state index in [1.54, 1.807) is 24.3 Å². The summed E-state index contributed by atoms with van der Waals surface area (Å²) in [6, 6.07) is 8.11. The van der Waals surface area contributed by atoms with Crippen molar-refractivity contribution in [2.24, 2.45) is 11.7 Å². The van der Waals surface area contributed by atoms with Gasteiger partial charge in [-0.05, 0) is 37.1 Å². The molecule has 2 aromatic rings. The van der Waals surface area contributed by atoms with Gasteiger partial charge in [0.05, 0.1) is 36.5 Å². The summed E-state index contributed by atoms with van der Waals surface area (Å²) < 4.78 is 10.6. The molecule has 1 saturated heterocycles. The van der Waals surface area contributed by atoms with Gasteiger partial charge in [-0.25, -0.2) is 0 Å². The van der Waals surface area contributed by atoms with Gasteiger partial charge in [-0.3, -0.25) is 19.7 Å². The number of aryl methyl sites for hydroxylation is 1. The Hall–Kier alpha value is -3.30. The minimum absolute atomic E-state index is 0.0177. The normalized spacial score (nSPS) is 23.2. The highest BCUT2D eigenvalue weighted by molar-refractivity contribution is 6.35. The number of amides is 3. The molecule has 0 radical (unpaired) electrons. The lowest BCUT2D eigenvalue weighted by molar-refractivity contribution is -0.130. The summed E-state index contributed by atoms with van der Waals surface area (Å²) in [5, 5.41) is 9.30. The first-order valence-electron chi connectivity index (χ1n) is 10.4. The van der Waals surface area contributed by atoms with Crippen LogP contribution in [0.5, 0.6) is 11.5 Å². The molecule has 174 valence electrons. The molecule has 10 heteroatoms. The highest BCUT2D eigenvalue weighted by Crippen LogP contribution is 2.50. The summed E-state index contributed by atoms with van der Waals surface area (Å²) >= 11 is 6.41. The molecule has 0 saturated carbocycles. The number of hydrogen-bond acceptors (Lipinski definition) is 6. The standard InChI is InChI=1S/C23H25ClN4O5/c1-11-6-14-20(16(24)7-11)27-22(31)23(14)15(8-12(28-23)9-19(25)29)21(30)26-17-10-13(32-2)4-5-18(17)33-3/h4-7,10,12,15,28H,8-9H2,1-3H3,(H2,25,29)(H,26,30)(H,27,31)/t12-,15-,23+/m1/s1. The average molecular weight is 473 g/mol. The van der Waals surface area contributed by atoms with Crippen LogP contribution in [0.15, 0.2) is 30.3 Å². The van der Waals surface area contributed by atoms with Crippen LogP contribution in [0.1, 0.15) is 24.0 Å². The number of carbonyl (C=O) groups is 3. The highest BCUT2D eigenvalue weighted by atomic mass is 35.5. The van der Waals surface area contributed by atoms with E-state index in [2.05, 4.69) is 16.0 Å². The summed E-state index contributed by atoms with van der Waals surface area (Å²) in [6.45, 7) is 1.86. The van der Waals surface area contributed by atoms with Crippen LogP contribution >= 0.6 is 11.6 Å². The van der Waals surface area contributed by atoms with Gasteiger partial charge >= 0.3 is 0 Å². The summed E-state index contributed by atoms with van der Waals surface area (Å²) in [7, 11) is 3.01. The van der Waals surface area contributed by atoms with Crippen LogP contribution in [0.25, 0.3) is 0 Å². The lowest BCUT2D eigenvalue weighted by atomic mass is 9.79. The van der Waals surface area contributed by atoms with E-state index < -0.39 is 35.2 Å². The predicted octanol–water partition coefficient (Wildman–Crippen LogP) is 2.31. The van der Waals surface area contributed by atoms with Crippen molar-refractivity contribution in [3.8, 4) is 11.5 Å². The van der Waals surface area contributed by atoms with Crippen LogP contribution in [0.4, 0.5) is 11.4 Å². The van der Waals surface area contributed by atoms with Crippen LogP contribution in [0, 0.1) is 12.8 Å². The summed E-state index contributed by atoms with van der Waals surface area (Å²) in [4.78, 5) is 38.6. The summed E-state index contributed by atoms with van der Waals surface area (Å²) in [5.74, 6) is -1.23. The van der Waals surface area contributed by atoms with Crippen LogP contribution in [-0.4, -0.2) is 38.0 Å². The fourth-order valence-corrected chi connectivity index (χ4v) is 5.08. The number of primary amides is 1. The second-order valence-electron chi connectivity index (χ2n) is 8.29. The SMILES string of the molecule is COc1ccc(OC)c(NC(=O)[C@H]2C[C@H](CC(N)=O)N[C@]23C(=O)Nc2c(Cl)cc(C)cc23)c1. The summed E-state index contributed by atoms with van der Waals surface area (Å²) in [6.07, 6.45) is 0.204. The molecule has 3 amide bonds. The lowest BCUT2D eigenvalue weighted by Gasteiger charge is -2.29. The van der Waals surface area contributed by atoms with Crippen molar-refractivity contribution in [3.05, 3.63) is 46.5 Å². The molecular formula is C23H25ClN4O5. The van der Waals surface area contributed by atoms with Gasteiger partial charge in [0, 0.05) is 24.1 Å². The van der Waals surface area contributed by atoms with Gasteiger partial charge in [-0.15, -0.1) is 0 Å². The first-order chi connectivity index (χ1) is 15.7. The van der Waals surface area contributed by atoms with Crippen molar-refractivity contribution in [1.29, 1.82) is 0 Å². The van der Waals surface area contributed by atoms with Gasteiger partial charge in [0.1, 0.15) is 17.0 Å². The van der Waals surface area contributed by atoms with Gasteiger partial charge in [0.25, 0.3) is 0 Å². The molecule has 5 N–H and O–H groups in total. The Morgan fingerprint density at radius 1 is 1.24 bits per heavy atom. The maximum absolute atomic E-state index is 13.6. The smallest absolute Gasteiger partial charge is 0.250 e. The number of nitrogens with two attached hydrogens (primary N) is 1. The number of benzene rings is 2. The van der Waals surface area contributed by atoms with E-state index in [0.29, 0.717) is 33.5 Å². The Labute approximate surface area is 195 Å². The van der Waals surface area contributed by atoms with Gasteiger partial charge < -0.3 is 25.8 Å². The van der Waals surface area contributed by atoms with Crippen molar-refractivity contribution in [1.82, 2.24) is 5.32 Å². The van der Waals surface area contributed by atoms with E-state index in [0.717, 1.165) is 5.56 Å². The first-order valence-corrected chi connectivity index (χ1v) is 10.8. The second-order valence-corrected chi connectivity index (χ2v) is 8.69. The number of carbonyl (C=O) groups excluding carboxylic acids is 3. The minimum Gasteiger partial charge on any atom is -0.497 e. The van der Waals surface area contributed by atoms with Crippen molar-refractivity contribution in [2.45, 2.75) is 31.3 Å². The third-order valence-electron chi connectivity index (χ3n) is 6.16. The molecule has 0 bridgehead atoms. The molecule has 9 nitrogen and oxygen atoms in total. The topological polar surface area (TPSA) is 132 Å². The van der Waals surface area contributed by atoms with E-state index in [1.807, 2.05) is 13.0 Å². The Balaban J connectivity index is 1.77. The fraction of sp³-hybridized carbons (Fsp3) is 0.348. The monoisotopic (exact) mass is 472 g/mol. The number of nitrogens with one attached hydrogen (secondary N) is 3. The van der Waals surface area contributed by atoms with Crippen molar-refractivity contribution >= 4 is 40.7 Å². The molecule has 0 aromatic heterocycles. The molecule has 2 aliphatic rings. The van der Waals surface area contributed by atoms with Crippen LogP contribution in [-0.2, 0) is 19.9 Å². The Morgan fingerprint density at radius 3 is 2.67 bits per heavy atom. The Morgan fingerprint density at radius 2 is 2.00 bits per heavy atom. The predicted molar refractivity (Wildman–Crippen MR) is 124 cm³/mol. The van der Waals surface area contributed by atoms with Crippen molar-refractivity contribution < 1.29 is 23.9 Å².